The summed E-state index contributed by atoms with van der Waals surface area (Å²) in [5.74, 6) is 0. The summed E-state index contributed by atoms with van der Waals surface area (Å²) in [6.45, 7) is 2.01. The zero-order valence-corrected chi connectivity index (χ0v) is 15.7. The van der Waals surface area contributed by atoms with E-state index in [1.54, 1.807) is 0 Å². The van der Waals surface area contributed by atoms with Gasteiger partial charge in [0, 0.05) is 0 Å². The van der Waals surface area contributed by atoms with Crippen molar-refractivity contribution < 1.29 is 6.72 Å². The predicted octanol–water partition coefficient (Wildman–Crippen LogP) is 5.20. The summed E-state index contributed by atoms with van der Waals surface area (Å²) >= 11 is -3.65. The van der Waals surface area contributed by atoms with Gasteiger partial charge in [0.05, 0.1) is 0 Å². The van der Waals surface area contributed by atoms with E-state index in [4.69, 9.17) is 2.51 Å². The molecule has 23 heavy (non-hydrogen) atoms. The molecule has 0 radical (unpaired) electrons. The van der Waals surface area contributed by atoms with E-state index < -0.39 is 31.3 Å². The van der Waals surface area contributed by atoms with Crippen LogP contribution >= 0.6 is 20.2 Å². The molecule has 1 unspecified atom stereocenters. The van der Waals surface area contributed by atoms with Gasteiger partial charge in [0.25, 0.3) is 0 Å². The molecule has 0 N–H and O–H groups in total. The van der Waals surface area contributed by atoms with E-state index in [1.165, 1.54) is 0 Å². The number of hydrogen-bond donors (Lipinski definition) is 0. The van der Waals surface area contributed by atoms with Crippen molar-refractivity contribution in [1.29, 1.82) is 0 Å². The Morgan fingerprint density at radius 2 is 1.22 bits per heavy atom. The number of halogens is 1. The summed E-state index contributed by atoms with van der Waals surface area (Å²) in [7, 11) is 0. The third-order valence-corrected chi connectivity index (χ3v) is 9.85. The van der Waals surface area contributed by atoms with Gasteiger partial charge in [0.1, 0.15) is 0 Å². The Balaban J connectivity index is 1.90. The minimum atomic E-state index is -2.20. The Kier molecular flexibility index (Phi) is 5.59. The molecule has 0 heterocycles. The molecule has 0 aromatic heterocycles. The molecular weight excluding hydrogens is 419 g/mol. The summed E-state index contributed by atoms with van der Waals surface area (Å²) in [6.07, 6.45) is 0. The second kappa shape index (κ2) is 7.86. The zero-order chi connectivity index (χ0) is 16.1. The van der Waals surface area contributed by atoms with Gasteiger partial charge in [-0.25, -0.2) is 0 Å². The van der Waals surface area contributed by atoms with E-state index in [0.29, 0.717) is 4.90 Å². The Labute approximate surface area is 147 Å². The molecule has 0 aliphatic rings. The van der Waals surface area contributed by atoms with Gasteiger partial charge in [-0.2, -0.15) is 0 Å². The van der Waals surface area contributed by atoms with Gasteiger partial charge in [-0.05, 0) is 0 Å². The number of benzene rings is 3. The fourth-order valence-electron chi connectivity index (χ4n) is 2.00. The molecule has 3 aromatic rings. The van der Waals surface area contributed by atoms with Crippen LogP contribution in [0.4, 0.5) is 0 Å². The monoisotopic (exact) mass is 436 g/mol. The summed E-state index contributed by atoms with van der Waals surface area (Å²) in [6, 6.07) is 27.9. The van der Waals surface area contributed by atoms with Crippen LogP contribution in [0, 0.1) is 14.1 Å². The van der Waals surface area contributed by atoms with E-state index in [-0.39, 0.29) is 0 Å². The van der Waals surface area contributed by atoms with E-state index in [9.17, 15) is 4.21 Å². The first kappa shape index (κ1) is 16.4. The molecule has 3 aromatic carbocycles. The molecule has 0 aliphatic carbocycles. The Morgan fingerprint density at radius 3 is 1.70 bits per heavy atom. The molecule has 0 fully saturated rings. The third-order valence-electron chi connectivity index (χ3n) is 3.20. The Bertz CT molecular complexity index is 734. The molecule has 0 saturated carbocycles. The Morgan fingerprint density at radius 1 is 0.739 bits per heavy atom. The molecule has 0 spiro atoms. The molecule has 3 rings (SSSR count). The summed E-state index contributed by atoms with van der Waals surface area (Å²) in [4.78, 5) is 0.713. The molecule has 4 heteroatoms. The van der Waals surface area contributed by atoms with Crippen molar-refractivity contribution >= 4 is 31.3 Å². The standard InChI is InChI=1S/C19H17IO2S/c1-16-12-14-19(15-13-16)23(21)22-20(17-8-4-2-5-9-17)18-10-6-3-7-11-18/h2-15H,1H3. The third kappa shape index (κ3) is 4.28. The van der Waals surface area contributed by atoms with Gasteiger partial charge in [-0.3, -0.25) is 0 Å². The first-order valence-corrected chi connectivity index (χ1v) is 11.3. The average molecular weight is 436 g/mol. The van der Waals surface area contributed by atoms with Crippen molar-refractivity contribution in [3.63, 3.8) is 0 Å². The number of rotatable bonds is 5. The molecule has 1 atom stereocenters. The van der Waals surface area contributed by atoms with Crippen molar-refractivity contribution in [3.8, 4) is 0 Å². The van der Waals surface area contributed by atoms with Crippen LogP contribution in [0.25, 0.3) is 0 Å². The molecule has 0 bridgehead atoms. The van der Waals surface area contributed by atoms with E-state index in [1.807, 2.05) is 67.6 Å². The van der Waals surface area contributed by atoms with Crippen molar-refractivity contribution in [2.24, 2.45) is 0 Å². The maximum atomic E-state index is 12.6. The first-order chi connectivity index (χ1) is 11.2. The van der Waals surface area contributed by atoms with E-state index >= 15 is 0 Å². The summed E-state index contributed by atoms with van der Waals surface area (Å²) in [5, 5.41) is 0. The fraction of sp³-hybridized carbons (Fsp3) is 0.0526. The summed E-state index contributed by atoms with van der Waals surface area (Å²) in [5.41, 5.74) is 1.15. The van der Waals surface area contributed by atoms with Crippen molar-refractivity contribution in [1.82, 2.24) is 0 Å². The zero-order valence-electron chi connectivity index (χ0n) is 12.7. The number of aryl methyl sites for hydroxylation is 1. The fourth-order valence-corrected chi connectivity index (χ4v) is 8.40. The quantitative estimate of drug-likeness (QED) is 0.515. The van der Waals surface area contributed by atoms with Crippen LogP contribution in [-0.4, -0.2) is 4.21 Å². The normalized spacial score (nSPS) is 12.7. The van der Waals surface area contributed by atoms with Gasteiger partial charge in [-0.15, -0.1) is 0 Å². The van der Waals surface area contributed by atoms with Gasteiger partial charge < -0.3 is 0 Å². The van der Waals surface area contributed by atoms with Crippen LogP contribution in [-0.2, 0) is 13.6 Å². The van der Waals surface area contributed by atoms with Crippen molar-refractivity contribution in [2.75, 3.05) is 0 Å². The first-order valence-electron chi connectivity index (χ1n) is 7.21. The second-order valence-electron chi connectivity index (χ2n) is 4.95. The SMILES string of the molecule is Cc1ccc(S(=O)OI(c2ccccc2)c2ccccc2)cc1. The molecular formula is C19H17IO2S. The minimum absolute atomic E-state index is 0.713. The van der Waals surface area contributed by atoms with Crippen LogP contribution < -0.4 is 0 Å². The van der Waals surface area contributed by atoms with Crippen LogP contribution in [0.1, 0.15) is 5.56 Å². The molecule has 0 amide bonds. The number of hydrogen-bond acceptors (Lipinski definition) is 2. The van der Waals surface area contributed by atoms with Crippen molar-refractivity contribution in [2.45, 2.75) is 11.8 Å². The average Bonchev–Trinajstić information content (AvgIpc) is 2.61. The van der Waals surface area contributed by atoms with Gasteiger partial charge in [0.15, 0.2) is 0 Å². The van der Waals surface area contributed by atoms with Crippen molar-refractivity contribution in [3.05, 3.63) is 97.6 Å². The van der Waals surface area contributed by atoms with Crippen LogP contribution in [0.3, 0.4) is 0 Å². The van der Waals surface area contributed by atoms with Crippen LogP contribution in [0.2, 0.25) is 0 Å². The topological polar surface area (TPSA) is 26.3 Å². The predicted molar refractivity (Wildman–Crippen MR) is 103 cm³/mol. The molecule has 118 valence electrons. The van der Waals surface area contributed by atoms with E-state index in [2.05, 4.69) is 24.3 Å². The van der Waals surface area contributed by atoms with E-state index in [0.717, 1.165) is 12.7 Å². The molecule has 0 aliphatic heterocycles. The molecule has 0 saturated heterocycles. The van der Waals surface area contributed by atoms with Gasteiger partial charge in [-0.1, -0.05) is 0 Å². The van der Waals surface area contributed by atoms with Gasteiger partial charge in [0.2, 0.25) is 0 Å². The summed E-state index contributed by atoms with van der Waals surface area (Å²) < 4.78 is 21.0. The van der Waals surface area contributed by atoms with Gasteiger partial charge >= 0.3 is 147 Å². The maximum absolute atomic E-state index is 12.6. The van der Waals surface area contributed by atoms with Crippen LogP contribution in [0.5, 0.6) is 0 Å². The molecule has 2 nitrogen and oxygen atoms in total. The van der Waals surface area contributed by atoms with Crippen LogP contribution in [0.15, 0.2) is 89.8 Å². The Hall–Kier alpha value is -1.50. The second-order valence-corrected chi connectivity index (χ2v) is 11.0.